The molecule has 202 valence electrons. The normalized spacial score (nSPS) is 22.8. The van der Waals surface area contributed by atoms with E-state index in [0.29, 0.717) is 6.29 Å². The number of carbonyl (C=O) groups excluding carboxylic acids is 5. The number of ether oxygens (including phenoxy) is 7. The summed E-state index contributed by atoms with van der Waals surface area (Å²) < 4.78 is 36.8. The number of hydrogen-bond donors (Lipinski definition) is 0. The fourth-order valence-electron chi connectivity index (χ4n) is 3.39. The van der Waals surface area contributed by atoms with Crippen molar-refractivity contribution in [2.24, 2.45) is 0 Å². The number of non-ortho nitro benzene ring substituents is 1. The summed E-state index contributed by atoms with van der Waals surface area (Å²) in [6.45, 7) is 2.56. The van der Waals surface area contributed by atoms with E-state index in [9.17, 15) is 34.1 Å². The molecule has 0 radical (unpaired) electrons. The van der Waals surface area contributed by atoms with Gasteiger partial charge in [0.1, 0.15) is 12.4 Å². The summed E-state index contributed by atoms with van der Waals surface area (Å²) in [5, 5.41) is 11.0. The Bertz CT molecular complexity index is 1040. The summed E-state index contributed by atoms with van der Waals surface area (Å²) in [5.74, 6) is -3.62. The molecule has 1 aromatic carbocycles. The molecule has 1 aliphatic heterocycles. The first-order valence-corrected chi connectivity index (χ1v) is 10.7. The van der Waals surface area contributed by atoms with Gasteiger partial charge in [0.15, 0.2) is 37.0 Å². The molecule has 0 aliphatic carbocycles. The maximum atomic E-state index is 12.4. The number of carbonyl (C=O) groups is 5. The molecule has 0 N–H and O–H groups in total. The van der Waals surface area contributed by atoms with Gasteiger partial charge in [0.2, 0.25) is 0 Å². The highest BCUT2D eigenvalue weighted by atomic mass is 16.7. The Kier molecular flexibility index (Phi) is 10.4. The molecule has 1 aliphatic rings. The van der Waals surface area contributed by atoms with Crippen LogP contribution in [-0.4, -0.2) is 86.1 Å². The Hall–Kier alpha value is -4.11. The van der Waals surface area contributed by atoms with Gasteiger partial charge in [-0.3, -0.25) is 29.3 Å². The quantitative estimate of drug-likeness (QED) is 0.0963. The zero-order valence-corrected chi connectivity index (χ0v) is 20.3. The summed E-state index contributed by atoms with van der Waals surface area (Å²) in [6, 6.07) is 3.40. The van der Waals surface area contributed by atoms with E-state index >= 15 is 0 Å². The van der Waals surface area contributed by atoms with Crippen molar-refractivity contribution < 1.29 is 62.1 Å². The molecule has 0 aromatic heterocycles. The number of nitro benzene ring substituents is 1. The van der Waals surface area contributed by atoms with Crippen LogP contribution < -0.4 is 4.74 Å². The molecular weight excluding hydrogens is 502 g/mol. The summed E-state index contributed by atoms with van der Waals surface area (Å²) in [4.78, 5) is 69.2. The first kappa shape index (κ1) is 29.1. The monoisotopic (exact) mass is 527 g/mol. The molecule has 15 nitrogen and oxygen atoms in total. The molecule has 1 fully saturated rings. The van der Waals surface area contributed by atoms with Crippen molar-refractivity contribution in [3.05, 3.63) is 33.9 Å². The van der Waals surface area contributed by atoms with Crippen molar-refractivity contribution in [1.29, 1.82) is 0 Å². The van der Waals surface area contributed by atoms with Crippen LogP contribution in [0.15, 0.2) is 18.2 Å². The molecule has 5 atom stereocenters. The van der Waals surface area contributed by atoms with E-state index in [4.69, 9.17) is 28.4 Å². The SMILES string of the molecule is COC(=O)[C@H]1OC(OCCOc2cc([N+](=O)[O-])ccc2C=O)[C@H](OC(C)=O)[C@@H](OC(C)=O)[C@@H]1OC(C)=O. The second-order valence-corrected chi connectivity index (χ2v) is 7.49. The van der Waals surface area contributed by atoms with Crippen molar-refractivity contribution in [3.63, 3.8) is 0 Å². The smallest absolute Gasteiger partial charge is 0.339 e. The van der Waals surface area contributed by atoms with Crippen molar-refractivity contribution in [2.45, 2.75) is 51.5 Å². The fraction of sp³-hybridized carbons (Fsp3) is 0.500. The Morgan fingerprint density at radius 1 is 0.973 bits per heavy atom. The number of aldehydes is 1. The van der Waals surface area contributed by atoms with Crippen LogP contribution in [0.5, 0.6) is 5.75 Å². The molecule has 0 spiro atoms. The Balaban J connectivity index is 2.27. The number of rotatable bonds is 11. The van der Waals surface area contributed by atoms with E-state index in [2.05, 4.69) is 4.74 Å². The van der Waals surface area contributed by atoms with Gasteiger partial charge in [-0.1, -0.05) is 0 Å². The lowest BCUT2D eigenvalue weighted by Gasteiger charge is -2.43. The van der Waals surface area contributed by atoms with Crippen molar-refractivity contribution in [1.82, 2.24) is 0 Å². The molecule has 15 heteroatoms. The lowest BCUT2D eigenvalue weighted by atomic mass is 9.97. The van der Waals surface area contributed by atoms with Gasteiger partial charge >= 0.3 is 23.9 Å². The Morgan fingerprint density at radius 2 is 1.57 bits per heavy atom. The second kappa shape index (κ2) is 13.3. The third kappa shape index (κ3) is 7.94. The maximum absolute atomic E-state index is 12.4. The zero-order valence-electron chi connectivity index (χ0n) is 20.3. The van der Waals surface area contributed by atoms with Crippen molar-refractivity contribution in [3.8, 4) is 5.75 Å². The largest absolute Gasteiger partial charge is 0.490 e. The number of methoxy groups -OCH3 is 1. The van der Waals surface area contributed by atoms with Crippen LogP contribution in [0.3, 0.4) is 0 Å². The molecule has 1 unspecified atom stereocenters. The molecule has 37 heavy (non-hydrogen) atoms. The van der Waals surface area contributed by atoms with Gasteiger partial charge in [-0.25, -0.2) is 4.79 Å². The van der Waals surface area contributed by atoms with Gasteiger partial charge in [-0.2, -0.15) is 0 Å². The predicted molar refractivity (Wildman–Crippen MR) is 117 cm³/mol. The van der Waals surface area contributed by atoms with Gasteiger partial charge in [0, 0.05) is 26.8 Å². The number of esters is 4. The summed E-state index contributed by atoms with van der Waals surface area (Å²) in [7, 11) is 1.04. The van der Waals surface area contributed by atoms with E-state index in [1.807, 2.05) is 0 Å². The van der Waals surface area contributed by atoms with E-state index in [0.717, 1.165) is 40.0 Å². The Morgan fingerprint density at radius 3 is 2.11 bits per heavy atom. The number of benzene rings is 1. The molecule has 1 saturated heterocycles. The third-order valence-electron chi connectivity index (χ3n) is 4.79. The van der Waals surface area contributed by atoms with E-state index in [1.54, 1.807) is 0 Å². The Labute approximate surface area is 210 Å². The average molecular weight is 527 g/mol. The van der Waals surface area contributed by atoms with Gasteiger partial charge in [-0.05, 0) is 6.07 Å². The van der Waals surface area contributed by atoms with E-state index < -0.39 is 59.5 Å². The summed E-state index contributed by atoms with van der Waals surface area (Å²) >= 11 is 0. The third-order valence-corrected chi connectivity index (χ3v) is 4.79. The van der Waals surface area contributed by atoms with Gasteiger partial charge in [0.25, 0.3) is 5.69 Å². The van der Waals surface area contributed by atoms with Gasteiger partial charge in [0.05, 0.1) is 30.3 Å². The molecule has 2 rings (SSSR count). The summed E-state index contributed by atoms with van der Waals surface area (Å²) in [5.41, 5.74) is -0.268. The second-order valence-electron chi connectivity index (χ2n) is 7.49. The maximum Gasteiger partial charge on any atom is 0.339 e. The predicted octanol–water partition coefficient (Wildman–Crippen LogP) is 0.496. The summed E-state index contributed by atoms with van der Waals surface area (Å²) in [6.07, 6.45) is -7.28. The lowest BCUT2D eigenvalue weighted by molar-refractivity contribution is -0.384. The van der Waals surface area contributed by atoms with E-state index in [1.165, 1.54) is 6.07 Å². The van der Waals surface area contributed by atoms with Crippen LogP contribution >= 0.6 is 0 Å². The molecular formula is C22H25NO14. The van der Waals surface area contributed by atoms with Gasteiger partial charge < -0.3 is 33.2 Å². The number of nitro groups is 1. The minimum Gasteiger partial charge on any atom is -0.490 e. The average Bonchev–Trinajstić information content (AvgIpc) is 2.83. The highest BCUT2D eigenvalue weighted by Crippen LogP contribution is 2.30. The topological polar surface area (TPSA) is 193 Å². The molecule has 0 amide bonds. The van der Waals surface area contributed by atoms with Gasteiger partial charge in [-0.15, -0.1) is 0 Å². The zero-order chi connectivity index (χ0) is 27.7. The van der Waals surface area contributed by atoms with Crippen LogP contribution in [0.4, 0.5) is 5.69 Å². The highest BCUT2D eigenvalue weighted by molar-refractivity contribution is 5.80. The van der Waals surface area contributed by atoms with Crippen LogP contribution in [0.1, 0.15) is 31.1 Å². The first-order valence-electron chi connectivity index (χ1n) is 10.7. The van der Waals surface area contributed by atoms with Crippen molar-refractivity contribution in [2.75, 3.05) is 20.3 Å². The van der Waals surface area contributed by atoms with Crippen LogP contribution in [0.25, 0.3) is 0 Å². The molecule has 1 heterocycles. The van der Waals surface area contributed by atoms with Crippen molar-refractivity contribution >= 4 is 35.9 Å². The first-order chi connectivity index (χ1) is 17.5. The standard InChI is InChI=1S/C22H25NO14/c1-11(25)34-17-18(35-12(2)26)20(36-13(3)27)22(37-19(17)21(28)31-4)33-8-7-32-16-9-15(23(29)30)6-5-14(16)10-24/h5-6,9-10,17-20,22H,7-8H2,1-4H3/t17-,18-,19-,20+,22?/m0/s1. The minimum atomic E-state index is -1.63. The van der Waals surface area contributed by atoms with Crippen LogP contribution in [-0.2, 0) is 47.6 Å². The molecule has 1 aromatic rings. The number of nitrogens with zero attached hydrogens (tertiary/aromatic N) is 1. The highest BCUT2D eigenvalue weighted by Gasteiger charge is 2.55. The molecule has 0 bridgehead atoms. The fourth-order valence-corrected chi connectivity index (χ4v) is 3.39. The molecule has 0 saturated carbocycles. The van der Waals surface area contributed by atoms with Crippen LogP contribution in [0, 0.1) is 10.1 Å². The van der Waals surface area contributed by atoms with E-state index in [-0.39, 0.29) is 30.2 Å². The number of hydrogen-bond acceptors (Lipinski definition) is 14. The van der Waals surface area contributed by atoms with Crippen LogP contribution in [0.2, 0.25) is 0 Å². The lowest BCUT2D eigenvalue weighted by Crippen LogP contribution is -2.64. The minimum absolute atomic E-state index is 0.0437.